The highest BCUT2D eigenvalue weighted by molar-refractivity contribution is 6.30. The average Bonchev–Trinajstić information content (AvgIpc) is 2.38. The second kappa shape index (κ2) is 7.65. The highest BCUT2D eigenvalue weighted by Gasteiger charge is 2.14. The molecule has 0 aliphatic heterocycles. The zero-order valence-electron chi connectivity index (χ0n) is 12.0. The third-order valence-corrected chi connectivity index (χ3v) is 3.62. The second-order valence-electron chi connectivity index (χ2n) is 4.60. The van der Waals surface area contributed by atoms with E-state index in [4.69, 9.17) is 11.6 Å². The molecule has 1 N–H and O–H groups in total. The van der Waals surface area contributed by atoms with Gasteiger partial charge in [0.25, 0.3) is 0 Å². The van der Waals surface area contributed by atoms with Crippen LogP contribution in [0, 0.1) is 0 Å². The lowest BCUT2D eigenvalue weighted by atomic mass is 10.1. The zero-order valence-corrected chi connectivity index (χ0v) is 12.7. The number of nitrogens with one attached hydrogen (secondary N) is 1. The fourth-order valence-corrected chi connectivity index (χ4v) is 2.32. The molecule has 0 radical (unpaired) electrons. The molecule has 1 atom stereocenters. The van der Waals surface area contributed by atoms with Crippen molar-refractivity contribution in [3.63, 3.8) is 0 Å². The minimum atomic E-state index is 0.536. The first kappa shape index (κ1) is 15.3. The summed E-state index contributed by atoms with van der Waals surface area (Å²) in [6.45, 7) is 11.7. The first-order valence-electron chi connectivity index (χ1n) is 6.89. The molecule has 0 spiro atoms. The maximum absolute atomic E-state index is 6.15. The Morgan fingerprint density at radius 2 is 2.00 bits per heavy atom. The van der Waals surface area contributed by atoms with Gasteiger partial charge < -0.3 is 10.2 Å². The van der Waals surface area contributed by atoms with Crippen LogP contribution in [0.1, 0.15) is 39.7 Å². The molecule has 0 aliphatic carbocycles. The smallest absolute Gasteiger partial charge is 0.0429 e. The van der Waals surface area contributed by atoms with Crippen LogP contribution in [0.5, 0.6) is 0 Å². The summed E-state index contributed by atoms with van der Waals surface area (Å²) >= 11 is 6.15. The van der Waals surface area contributed by atoms with Crippen molar-refractivity contribution < 1.29 is 0 Å². The molecule has 102 valence electrons. The Bertz CT molecular complexity index is 366. The summed E-state index contributed by atoms with van der Waals surface area (Å²) in [6.07, 6.45) is 1.14. The van der Waals surface area contributed by atoms with Gasteiger partial charge in [-0.05, 0) is 44.5 Å². The number of rotatable bonds is 7. The topological polar surface area (TPSA) is 15.3 Å². The largest absolute Gasteiger partial charge is 0.369 e. The first-order chi connectivity index (χ1) is 8.63. The quantitative estimate of drug-likeness (QED) is 0.802. The first-order valence-corrected chi connectivity index (χ1v) is 7.27. The monoisotopic (exact) mass is 268 g/mol. The van der Waals surface area contributed by atoms with E-state index >= 15 is 0 Å². The average molecular weight is 269 g/mol. The Kier molecular flexibility index (Phi) is 6.51. The summed E-state index contributed by atoms with van der Waals surface area (Å²) in [5.74, 6) is 0. The number of benzene rings is 1. The van der Waals surface area contributed by atoms with Crippen LogP contribution < -0.4 is 10.2 Å². The summed E-state index contributed by atoms with van der Waals surface area (Å²) in [5, 5.41) is 4.20. The lowest BCUT2D eigenvalue weighted by Gasteiger charge is -2.31. The van der Waals surface area contributed by atoms with Crippen molar-refractivity contribution in [3.05, 3.63) is 28.8 Å². The molecule has 0 aromatic heterocycles. The van der Waals surface area contributed by atoms with Gasteiger partial charge in [0.1, 0.15) is 0 Å². The van der Waals surface area contributed by atoms with Crippen molar-refractivity contribution in [2.45, 2.75) is 46.7 Å². The molecule has 3 heteroatoms. The van der Waals surface area contributed by atoms with Crippen LogP contribution in [-0.4, -0.2) is 19.1 Å². The highest BCUT2D eigenvalue weighted by atomic mass is 35.5. The Balaban J connectivity index is 3.05. The number of hydrogen-bond donors (Lipinski definition) is 1. The van der Waals surface area contributed by atoms with Gasteiger partial charge in [0.2, 0.25) is 0 Å². The van der Waals surface area contributed by atoms with Gasteiger partial charge in [-0.15, -0.1) is 0 Å². The minimum Gasteiger partial charge on any atom is -0.369 e. The number of hydrogen-bond acceptors (Lipinski definition) is 2. The molecular formula is C15H25ClN2. The van der Waals surface area contributed by atoms with Crippen molar-refractivity contribution in [1.82, 2.24) is 5.32 Å². The van der Waals surface area contributed by atoms with Crippen molar-refractivity contribution >= 4 is 17.3 Å². The Hall–Kier alpha value is -0.730. The molecule has 0 aliphatic rings. The summed E-state index contributed by atoms with van der Waals surface area (Å²) in [7, 11) is 0. The van der Waals surface area contributed by atoms with Crippen LogP contribution in [0.2, 0.25) is 5.02 Å². The summed E-state index contributed by atoms with van der Waals surface area (Å²) in [6, 6.07) is 6.73. The molecule has 2 nitrogen and oxygen atoms in total. The normalized spacial score (nSPS) is 12.5. The van der Waals surface area contributed by atoms with Gasteiger partial charge in [0.05, 0.1) is 0 Å². The van der Waals surface area contributed by atoms with Gasteiger partial charge in [-0.1, -0.05) is 31.5 Å². The third kappa shape index (κ3) is 3.89. The third-order valence-electron chi connectivity index (χ3n) is 3.39. The molecule has 0 heterocycles. The Morgan fingerprint density at radius 3 is 2.56 bits per heavy atom. The summed E-state index contributed by atoms with van der Waals surface area (Å²) in [5.41, 5.74) is 2.59. The molecule has 0 bridgehead atoms. The van der Waals surface area contributed by atoms with Gasteiger partial charge in [-0.25, -0.2) is 0 Å². The van der Waals surface area contributed by atoms with E-state index in [1.807, 2.05) is 6.07 Å². The highest BCUT2D eigenvalue weighted by Crippen LogP contribution is 2.27. The number of halogens is 1. The van der Waals surface area contributed by atoms with Gasteiger partial charge in [-0.3, -0.25) is 0 Å². The molecule has 1 unspecified atom stereocenters. The van der Waals surface area contributed by atoms with E-state index in [0.717, 1.165) is 31.1 Å². The van der Waals surface area contributed by atoms with E-state index in [2.05, 4.69) is 50.0 Å². The molecular weight excluding hydrogens is 244 g/mol. The fraction of sp³-hybridized carbons (Fsp3) is 0.600. The Labute approximate surface area is 116 Å². The van der Waals surface area contributed by atoms with Crippen LogP contribution in [-0.2, 0) is 6.54 Å². The van der Waals surface area contributed by atoms with E-state index in [-0.39, 0.29) is 0 Å². The van der Waals surface area contributed by atoms with Crippen LogP contribution in [0.4, 0.5) is 5.69 Å². The van der Waals surface area contributed by atoms with E-state index in [1.165, 1.54) is 11.3 Å². The molecule has 0 fully saturated rings. The van der Waals surface area contributed by atoms with E-state index in [0.29, 0.717) is 6.04 Å². The molecule has 1 aromatic carbocycles. The second-order valence-corrected chi connectivity index (χ2v) is 5.03. The Morgan fingerprint density at radius 1 is 1.28 bits per heavy atom. The molecule has 0 saturated carbocycles. The van der Waals surface area contributed by atoms with Gasteiger partial charge >= 0.3 is 0 Å². The van der Waals surface area contributed by atoms with Crippen LogP contribution in [0.15, 0.2) is 18.2 Å². The predicted molar refractivity (Wildman–Crippen MR) is 81.6 cm³/mol. The maximum atomic E-state index is 6.15. The van der Waals surface area contributed by atoms with Crippen molar-refractivity contribution in [3.8, 4) is 0 Å². The molecule has 1 rings (SSSR count). The van der Waals surface area contributed by atoms with E-state index < -0.39 is 0 Å². The number of anilines is 1. The maximum Gasteiger partial charge on any atom is 0.0429 e. The molecule has 0 amide bonds. The lowest BCUT2D eigenvalue weighted by Crippen LogP contribution is -2.33. The molecule has 1 aromatic rings. The van der Waals surface area contributed by atoms with Crippen LogP contribution in [0.3, 0.4) is 0 Å². The lowest BCUT2D eigenvalue weighted by molar-refractivity contribution is 0.623. The van der Waals surface area contributed by atoms with Gasteiger partial charge in [0.15, 0.2) is 0 Å². The van der Waals surface area contributed by atoms with Crippen LogP contribution >= 0.6 is 11.6 Å². The van der Waals surface area contributed by atoms with E-state index in [9.17, 15) is 0 Å². The minimum absolute atomic E-state index is 0.536. The summed E-state index contributed by atoms with van der Waals surface area (Å²) in [4.78, 5) is 2.43. The van der Waals surface area contributed by atoms with Crippen molar-refractivity contribution in [2.75, 3.05) is 18.0 Å². The SMILES string of the molecule is CCNCc1ccc(Cl)cc1N(CC)C(C)CC. The fourth-order valence-electron chi connectivity index (χ4n) is 2.15. The van der Waals surface area contributed by atoms with E-state index in [1.54, 1.807) is 0 Å². The van der Waals surface area contributed by atoms with Crippen molar-refractivity contribution in [1.29, 1.82) is 0 Å². The standard InChI is InChI=1S/C15H25ClN2/c1-5-12(4)18(7-3)15-10-14(16)9-8-13(15)11-17-6-2/h8-10,12,17H,5-7,11H2,1-4H3. The van der Waals surface area contributed by atoms with Crippen molar-refractivity contribution in [2.24, 2.45) is 0 Å². The van der Waals surface area contributed by atoms with Gasteiger partial charge in [-0.2, -0.15) is 0 Å². The number of nitrogens with zero attached hydrogens (tertiary/aromatic N) is 1. The van der Waals surface area contributed by atoms with Crippen LogP contribution in [0.25, 0.3) is 0 Å². The summed E-state index contributed by atoms with van der Waals surface area (Å²) < 4.78 is 0. The molecule has 0 saturated heterocycles. The van der Waals surface area contributed by atoms with Gasteiger partial charge in [0, 0.05) is 29.8 Å². The molecule has 18 heavy (non-hydrogen) atoms. The zero-order chi connectivity index (χ0) is 13.5. The predicted octanol–water partition coefficient (Wildman–Crippen LogP) is 4.07.